The lowest BCUT2D eigenvalue weighted by atomic mass is 9.88. The van der Waals surface area contributed by atoms with E-state index in [1.54, 1.807) is 12.5 Å². The second-order valence-electron chi connectivity index (χ2n) is 7.35. The van der Waals surface area contributed by atoms with Gasteiger partial charge in [0.05, 0.1) is 23.8 Å². The molecule has 0 bridgehead atoms. The van der Waals surface area contributed by atoms with Crippen LogP contribution in [0.4, 0.5) is 5.69 Å². The lowest BCUT2D eigenvalue weighted by Gasteiger charge is -2.27. The van der Waals surface area contributed by atoms with Crippen molar-refractivity contribution >= 4 is 31.9 Å². The van der Waals surface area contributed by atoms with E-state index < -0.39 is 0 Å². The maximum atomic E-state index is 12.9. The molecule has 146 valence electrons. The molecular weight excluding hydrogens is 369 g/mol. The maximum absolute atomic E-state index is 12.9. The second kappa shape index (κ2) is 8.27. The summed E-state index contributed by atoms with van der Waals surface area (Å²) in [6.45, 7) is 0.943. The summed E-state index contributed by atoms with van der Waals surface area (Å²) >= 11 is 0. The lowest BCUT2D eigenvalue weighted by Crippen LogP contribution is -2.41. The molecule has 0 saturated heterocycles. The van der Waals surface area contributed by atoms with E-state index in [0.29, 0.717) is 5.69 Å². The van der Waals surface area contributed by atoms with Crippen LogP contribution in [0, 0.1) is 0 Å². The molecule has 1 fully saturated rings. The Morgan fingerprint density at radius 2 is 2.14 bits per heavy atom. The summed E-state index contributed by atoms with van der Waals surface area (Å²) in [4.78, 5) is 22.1. The van der Waals surface area contributed by atoms with E-state index in [1.165, 1.54) is 0 Å². The van der Waals surface area contributed by atoms with E-state index >= 15 is 0 Å². The number of nitrogens with zero attached hydrogens (tertiary/aromatic N) is 3. The van der Waals surface area contributed by atoms with Gasteiger partial charge in [0.2, 0.25) is 0 Å². The summed E-state index contributed by atoms with van der Waals surface area (Å²) in [6.07, 6.45) is 9.20. The molecular formula is C21H26N5OP. The summed E-state index contributed by atoms with van der Waals surface area (Å²) in [7, 11) is 2.71. The molecule has 1 aliphatic carbocycles. The normalized spacial score (nSPS) is 22.2. The van der Waals surface area contributed by atoms with Crippen molar-refractivity contribution in [3.8, 4) is 0 Å². The predicted octanol–water partition coefficient (Wildman–Crippen LogP) is 2.62. The fourth-order valence-electron chi connectivity index (χ4n) is 4.05. The van der Waals surface area contributed by atoms with Crippen LogP contribution in [0.2, 0.25) is 0 Å². The minimum Gasteiger partial charge on any atom is -0.404 e. The zero-order valence-corrected chi connectivity index (χ0v) is 17.1. The van der Waals surface area contributed by atoms with Gasteiger partial charge in [0.1, 0.15) is 5.69 Å². The molecule has 0 radical (unpaired) electrons. The molecule has 2 aromatic rings. The zero-order valence-electron chi connectivity index (χ0n) is 15.9. The molecule has 1 aromatic carbocycles. The Morgan fingerprint density at radius 3 is 2.96 bits per heavy atom. The third-order valence-electron chi connectivity index (χ3n) is 5.52. The Labute approximate surface area is 167 Å². The average molecular weight is 395 g/mol. The molecule has 2 unspecified atom stereocenters. The van der Waals surface area contributed by atoms with Gasteiger partial charge in [-0.05, 0) is 49.9 Å². The van der Waals surface area contributed by atoms with Crippen molar-refractivity contribution in [2.75, 3.05) is 0 Å². The first-order valence-electron chi connectivity index (χ1n) is 9.86. The number of aromatic nitrogens is 2. The number of hydrogen-bond acceptors (Lipinski definition) is 4. The molecule has 1 amide bonds. The molecule has 1 saturated carbocycles. The van der Waals surface area contributed by atoms with Gasteiger partial charge in [0.15, 0.2) is 0 Å². The average Bonchev–Trinajstić information content (AvgIpc) is 3.14. The van der Waals surface area contributed by atoms with Crippen LogP contribution in [0.5, 0.6) is 0 Å². The van der Waals surface area contributed by atoms with Crippen molar-refractivity contribution in [3.05, 3.63) is 53.8 Å². The van der Waals surface area contributed by atoms with Crippen LogP contribution in [0.1, 0.15) is 48.3 Å². The van der Waals surface area contributed by atoms with Gasteiger partial charge in [-0.15, -0.1) is 9.24 Å². The van der Waals surface area contributed by atoms with Crippen LogP contribution in [-0.2, 0) is 13.0 Å². The number of fused-ring (bicyclic) bond motifs is 1. The number of carbonyl (C=O) groups excluding carboxylic acids is 1. The van der Waals surface area contributed by atoms with Crippen molar-refractivity contribution in [3.63, 3.8) is 0 Å². The summed E-state index contributed by atoms with van der Waals surface area (Å²) in [6, 6.07) is 7.83. The summed E-state index contributed by atoms with van der Waals surface area (Å²) in [5, 5.41) is 4.20. The largest absolute Gasteiger partial charge is 0.404 e. The third-order valence-corrected chi connectivity index (χ3v) is 6.00. The number of amides is 1. The van der Waals surface area contributed by atoms with E-state index in [-0.39, 0.29) is 11.9 Å². The minimum absolute atomic E-state index is 0.118. The van der Waals surface area contributed by atoms with E-state index in [2.05, 4.69) is 24.1 Å². The first kappa shape index (κ1) is 18.9. The Balaban J connectivity index is 1.55. The highest BCUT2D eigenvalue weighted by Crippen LogP contribution is 2.25. The van der Waals surface area contributed by atoms with Crippen LogP contribution < -0.4 is 16.4 Å². The van der Waals surface area contributed by atoms with Gasteiger partial charge < -0.3 is 15.6 Å². The van der Waals surface area contributed by atoms with Gasteiger partial charge in [-0.2, -0.15) is 0 Å². The highest BCUT2D eigenvalue weighted by atomic mass is 31.0. The Bertz CT molecular complexity index is 946. The van der Waals surface area contributed by atoms with Crippen LogP contribution in [0.25, 0.3) is 0 Å². The predicted molar refractivity (Wildman–Crippen MR) is 115 cm³/mol. The van der Waals surface area contributed by atoms with E-state index in [4.69, 9.17) is 10.7 Å². The number of para-hydroxylation sites is 1. The summed E-state index contributed by atoms with van der Waals surface area (Å²) < 4.78 is 2.10. The highest BCUT2D eigenvalue weighted by Gasteiger charge is 2.28. The van der Waals surface area contributed by atoms with Gasteiger partial charge in [-0.25, -0.2) is 4.98 Å². The number of aryl methyl sites for hydroxylation is 1. The molecule has 3 N–H and O–H groups in total. The van der Waals surface area contributed by atoms with Crippen molar-refractivity contribution < 1.29 is 4.79 Å². The van der Waals surface area contributed by atoms with Crippen LogP contribution >= 0.6 is 9.24 Å². The van der Waals surface area contributed by atoms with Crippen molar-refractivity contribution in [2.24, 2.45) is 10.7 Å². The standard InChI is InChI=1S/C21H26N5OP/c22-12-14-15(24-17-6-1-2-10-19(17)28)7-5-8-16(14)25-21(27)20-18-9-3-4-11-26(18)13-23-20/h1-2,6,10,12-13,16H,3-5,7-9,11,22,28H2,(H,25,27). The number of carbonyl (C=O) groups is 1. The summed E-state index contributed by atoms with van der Waals surface area (Å²) in [5.74, 6) is -0.118. The molecule has 2 atom stereocenters. The van der Waals surface area contributed by atoms with Gasteiger partial charge in [0.25, 0.3) is 5.91 Å². The fraction of sp³-hybridized carbons (Fsp3) is 0.381. The SMILES string of the molecule is NC=C1C(=Nc2ccccc2P)CCCC1NC(=O)c1ncn2c1CCCC2. The highest BCUT2D eigenvalue weighted by molar-refractivity contribution is 7.28. The zero-order chi connectivity index (χ0) is 19.5. The minimum atomic E-state index is -0.136. The fourth-order valence-corrected chi connectivity index (χ4v) is 4.32. The quantitative estimate of drug-likeness (QED) is 0.784. The van der Waals surface area contributed by atoms with Crippen LogP contribution in [0.15, 0.2) is 47.4 Å². The molecule has 28 heavy (non-hydrogen) atoms. The number of nitrogens with two attached hydrogens (primary N) is 1. The van der Waals surface area contributed by atoms with Gasteiger partial charge in [-0.1, -0.05) is 18.2 Å². The van der Waals surface area contributed by atoms with Crippen molar-refractivity contribution in [1.29, 1.82) is 0 Å². The smallest absolute Gasteiger partial charge is 0.272 e. The number of nitrogens with one attached hydrogen (secondary N) is 1. The summed E-state index contributed by atoms with van der Waals surface area (Å²) in [5.41, 5.74) is 10.3. The number of rotatable bonds is 3. The number of imidazole rings is 1. The number of aliphatic imine (C=N–C) groups is 1. The van der Waals surface area contributed by atoms with Gasteiger partial charge in [-0.3, -0.25) is 9.79 Å². The monoisotopic (exact) mass is 395 g/mol. The molecule has 2 aliphatic rings. The van der Waals surface area contributed by atoms with Gasteiger partial charge in [0, 0.05) is 24.0 Å². The Morgan fingerprint density at radius 1 is 1.29 bits per heavy atom. The maximum Gasteiger partial charge on any atom is 0.272 e. The van der Waals surface area contributed by atoms with Crippen LogP contribution in [-0.4, -0.2) is 27.2 Å². The molecule has 6 nitrogen and oxygen atoms in total. The molecule has 7 heteroatoms. The van der Waals surface area contributed by atoms with Crippen LogP contribution in [0.3, 0.4) is 0 Å². The van der Waals surface area contributed by atoms with E-state index in [0.717, 1.165) is 73.0 Å². The number of hydrogen-bond donors (Lipinski definition) is 2. The lowest BCUT2D eigenvalue weighted by molar-refractivity contribution is 0.0935. The van der Waals surface area contributed by atoms with Gasteiger partial charge >= 0.3 is 0 Å². The third kappa shape index (κ3) is 3.74. The molecule has 4 rings (SSSR count). The van der Waals surface area contributed by atoms with E-state index in [1.807, 2.05) is 24.3 Å². The topological polar surface area (TPSA) is 85.3 Å². The molecule has 0 spiro atoms. The number of benzene rings is 1. The second-order valence-corrected chi connectivity index (χ2v) is 7.97. The molecule has 1 aliphatic heterocycles. The van der Waals surface area contributed by atoms with Crippen molar-refractivity contribution in [2.45, 2.75) is 51.1 Å². The first-order valence-corrected chi connectivity index (χ1v) is 10.4. The van der Waals surface area contributed by atoms with Crippen molar-refractivity contribution in [1.82, 2.24) is 14.9 Å². The first-order chi connectivity index (χ1) is 13.7. The Hall–Kier alpha value is -2.46. The molecule has 2 heterocycles. The Kier molecular flexibility index (Phi) is 5.58. The van der Waals surface area contributed by atoms with E-state index in [9.17, 15) is 4.79 Å². The molecule has 1 aromatic heterocycles.